The Morgan fingerprint density at radius 3 is 2.41 bits per heavy atom. The van der Waals surface area contributed by atoms with E-state index < -0.39 is 0 Å². The van der Waals surface area contributed by atoms with Crippen LogP contribution in [0.15, 0.2) is 35.5 Å². The van der Waals surface area contributed by atoms with Gasteiger partial charge in [0.1, 0.15) is 0 Å². The molecule has 0 fully saturated rings. The van der Waals surface area contributed by atoms with E-state index in [0.717, 1.165) is 0 Å². The molecule has 168 valence electrons. The molecule has 1 aromatic heterocycles. The first-order valence-electron chi connectivity index (χ1n) is 8.84. The third-order valence-electron chi connectivity index (χ3n) is 4.12. The Kier molecular flexibility index (Phi) is 8.55. The third kappa shape index (κ3) is 6.21. The molecule has 2 aromatic carbocycles. The lowest BCUT2D eigenvalue weighted by atomic mass is 10.2. The van der Waals surface area contributed by atoms with E-state index in [0.29, 0.717) is 32.3 Å². The van der Waals surface area contributed by atoms with Gasteiger partial charge >= 0.3 is 0 Å². The van der Waals surface area contributed by atoms with Crippen molar-refractivity contribution in [1.82, 2.24) is 20.1 Å². The van der Waals surface area contributed by atoms with Gasteiger partial charge in [-0.2, -0.15) is 0 Å². The number of benzene rings is 2. The lowest BCUT2D eigenvalue weighted by Gasteiger charge is -2.09. The average molecular weight is 554 g/mol. The van der Waals surface area contributed by atoms with Crippen LogP contribution in [0.3, 0.4) is 0 Å². The van der Waals surface area contributed by atoms with Crippen molar-refractivity contribution in [2.24, 2.45) is 7.05 Å². The molecular formula is C19H14Cl5N5O2S. The predicted molar refractivity (Wildman–Crippen MR) is 129 cm³/mol. The Labute approximate surface area is 212 Å². The number of thioether (sulfide) groups is 1. The van der Waals surface area contributed by atoms with Crippen molar-refractivity contribution in [3.63, 3.8) is 0 Å². The predicted octanol–water partition coefficient (Wildman–Crippen LogP) is 5.74. The molecule has 0 saturated carbocycles. The highest BCUT2D eigenvalue weighted by molar-refractivity contribution is 7.99. The minimum absolute atomic E-state index is 0.0509. The average Bonchev–Trinajstić information content (AvgIpc) is 3.08. The van der Waals surface area contributed by atoms with Crippen LogP contribution in [-0.4, -0.2) is 32.3 Å². The van der Waals surface area contributed by atoms with E-state index >= 15 is 0 Å². The van der Waals surface area contributed by atoms with Gasteiger partial charge in [0.05, 0.1) is 43.6 Å². The summed E-state index contributed by atoms with van der Waals surface area (Å²) in [5, 5.41) is 15.5. The number of hydrogen-bond acceptors (Lipinski definition) is 5. The fraction of sp³-hybridized carbons (Fsp3) is 0.158. The van der Waals surface area contributed by atoms with Gasteiger partial charge in [-0.1, -0.05) is 69.8 Å². The van der Waals surface area contributed by atoms with Crippen LogP contribution < -0.4 is 10.6 Å². The van der Waals surface area contributed by atoms with Crippen molar-refractivity contribution < 1.29 is 9.59 Å². The lowest BCUT2D eigenvalue weighted by Crippen LogP contribution is -2.24. The van der Waals surface area contributed by atoms with Gasteiger partial charge in [-0.25, -0.2) is 0 Å². The highest BCUT2D eigenvalue weighted by Crippen LogP contribution is 2.32. The van der Waals surface area contributed by atoms with Gasteiger partial charge < -0.3 is 15.2 Å². The van der Waals surface area contributed by atoms with Crippen molar-refractivity contribution in [2.75, 3.05) is 11.1 Å². The highest BCUT2D eigenvalue weighted by Gasteiger charge is 2.15. The molecule has 0 aliphatic heterocycles. The second kappa shape index (κ2) is 11.0. The number of carbonyl (C=O) groups excluding carboxylic acids is 2. The van der Waals surface area contributed by atoms with Crippen LogP contribution in [0.1, 0.15) is 16.2 Å². The summed E-state index contributed by atoms with van der Waals surface area (Å²) < 4.78 is 1.67. The maximum Gasteiger partial charge on any atom is 0.253 e. The molecule has 3 rings (SSSR count). The van der Waals surface area contributed by atoms with Crippen LogP contribution in [0.25, 0.3) is 0 Å². The van der Waals surface area contributed by atoms with Crippen LogP contribution in [0.5, 0.6) is 0 Å². The smallest absolute Gasteiger partial charge is 0.253 e. The Morgan fingerprint density at radius 1 is 0.969 bits per heavy atom. The zero-order valence-corrected chi connectivity index (χ0v) is 20.9. The largest absolute Gasteiger partial charge is 0.345 e. The molecule has 2 amide bonds. The molecule has 0 saturated heterocycles. The second-order valence-electron chi connectivity index (χ2n) is 6.35. The van der Waals surface area contributed by atoms with E-state index in [1.807, 2.05) is 0 Å². The molecule has 0 spiro atoms. The van der Waals surface area contributed by atoms with Crippen molar-refractivity contribution in [3.8, 4) is 0 Å². The maximum atomic E-state index is 12.3. The number of halogens is 5. The van der Waals surface area contributed by atoms with E-state index in [9.17, 15) is 9.59 Å². The normalized spacial score (nSPS) is 10.8. The van der Waals surface area contributed by atoms with E-state index in [1.165, 1.54) is 36.0 Å². The fourth-order valence-electron chi connectivity index (χ4n) is 2.49. The zero-order valence-electron chi connectivity index (χ0n) is 16.3. The summed E-state index contributed by atoms with van der Waals surface area (Å²) in [5.74, 6) is -0.138. The highest BCUT2D eigenvalue weighted by atomic mass is 35.5. The number of anilines is 1. The van der Waals surface area contributed by atoms with E-state index in [2.05, 4.69) is 20.8 Å². The monoisotopic (exact) mass is 551 g/mol. The molecule has 0 aliphatic rings. The summed E-state index contributed by atoms with van der Waals surface area (Å²) in [7, 11) is 1.73. The van der Waals surface area contributed by atoms with E-state index in [4.69, 9.17) is 58.0 Å². The van der Waals surface area contributed by atoms with Crippen molar-refractivity contribution >= 4 is 87.3 Å². The molecule has 1 heterocycles. The number of amides is 2. The Balaban J connectivity index is 1.56. The molecule has 0 atom stereocenters. The molecule has 7 nitrogen and oxygen atoms in total. The molecule has 0 unspecified atom stereocenters. The minimum atomic E-state index is -0.373. The van der Waals surface area contributed by atoms with Crippen molar-refractivity contribution in [2.45, 2.75) is 11.7 Å². The number of nitrogens with zero attached hydrogens (tertiary/aromatic N) is 3. The first-order valence-corrected chi connectivity index (χ1v) is 11.7. The molecular weight excluding hydrogens is 540 g/mol. The molecule has 0 radical (unpaired) electrons. The standard InChI is InChI=1S/C19H14Cl5N5O2S/c1-29-16(7-25-18(31)10-3-2-9(20)4-11(10)21)27-28-19(29)32-8-17(30)26-15-6-13(23)12(22)5-14(15)24/h2-6H,7-8H2,1H3,(H,25,31)(H,26,30). The lowest BCUT2D eigenvalue weighted by molar-refractivity contribution is -0.113. The van der Waals surface area contributed by atoms with Gasteiger partial charge in [-0.15, -0.1) is 10.2 Å². The number of carbonyl (C=O) groups is 2. The molecule has 3 aromatic rings. The number of rotatable bonds is 7. The zero-order chi connectivity index (χ0) is 23.4. The van der Waals surface area contributed by atoms with Gasteiger partial charge in [0.15, 0.2) is 11.0 Å². The second-order valence-corrected chi connectivity index (χ2v) is 9.36. The van der Waals surface area contributed by atoms with Crippen LogP contribution in [0.4, 0.5) is 5.69 Å². The van der Waals surface area contributed by atoms with Crippen molar-refractivity contribution in [3.05, 3.63) is 66.8 Å². The van der Waals surface area contributed by atoms with Crippen LogP contribution in [0, 0.1) is 0 Å². The van der Waals surface area contributed by atoms with Gasteiger partial charge in [0.2, 0.25) is 5.91 Å². The quantitative estimate of drug-likeness (QED) is 0.288. The minimum Gasteiger partial charge on any atom is -0.345 e. The van der Waals surface area contributed by atoms with Gasteiger partial charge in [0.25, 0.3) is 5.91 Å². The van der Waals surface area contributed by atoms with E-state index in [1.54, 1.807) is 17.7 Å². The van der Waals surface area contributed by atoms with Crippen LogP contribution in [-0.2, 0) is 18.4 Å². The summed E-state index contributed by atoms with van der Waals surface area (Å²) in [4.78, 5) is 24.6. The van der Waals surface area contributed by atoms with Crippen molar-refractivity contribution in [1.29, 1.82) is 0 Å². The molecule has 0 bridgehead atoms. The third-order valence-corrected chi connectivity index (χ3v) is 6.73. The van der Waals surface area contributed by atoms with Gasteiger partial charge in [-0.05, 0) is 30.3 Å². The fourth-order valence-corrected chi connectivity index (χ4v) is 4.31. The summed E-state index contributed by atoms with van der Waals surface area (Å²) in [5.41, 5.74) is 0.652. The van der Waals surface area contributed by atoms with E-state index in [-0.39, 0.29) is 39.2 Å². The summed E-state index contributed by atoms with van der Waals surface area (Å²) in [6, 6.07) is 7.54. The van der Waals surface area contributed by atoms with Crippen LogP contribution >= 0.6 is 69.8 Å². The first-order chi connectivity index (χ1) is 15.2. The summed E-state index contributed by atoms with van der Waals surface area (Å²) >= 11 is 31.0. The Bertz CT molecular complexity index is 1190. The molecule has 0 aliphatic carbocycles. The Hall–Kier alpha value is -1.68. The van der Waals surface area contributed by atoms with Crippen LogP contribution in [0.2, 0.25) is 25.1 Å². The summed E-state index contributed by atoms with van der Waals surface area (Å²) in [6.07, 6.45) is 0. The molecule has 32 heavy (non-hydrogen) atoms. The summed E-state index contributed by atoms with van der Waals surface area (Å²) in [6.45, 7) is 0.118. The number of aromatic nitrogens is 3. The topological polar surface area (TPSA) is 88.9 Å². The maximum absolute atomic E-state index is 12.3. The SMILES string of the molecule is Cn1c(CNC(=O)c2ccc(Cl)cc2Cl)nnc1SCC(=O)Nc1cc(Cl)c(Cl)cc1Cl. The van der Waals surface area contributed by atoms with Gasteiger partial charge in [0, 0.05) is 12.1 Å². The number of hydrogen-bond donors (Lipinski definition) is 2. The number of nitrogens with one attached hydrogen (secondary N) is 2. The Morgan fingerprint density at radius 2 is 1.69 bits per heavy atom. The molecule has 2 N–H and O–H groups in total. The first kappa shape index (κ1) is 25.0. The molecule has 13 heteroatoms. The van der Waals surface area contributed by atoms with Gasteiger partial charge in [-0.3, -0.25) is 9.59 Å².